The molecule has 0 radical (unpaired) electrons. The minimum atomic E-state index is -5.81. The molecular formula is C26H34N13O21P4-3. The minimum absolute atomic E-state index is 0.0163. The molecule has 5 aromatic heterocycles. The van der Waals surface area contributed by atoms with Crippen LogP contribution in [0.5, 0.6) is 0 Å². The number of H-pyrrole nitrogens is 2. The molecule has 0 spiro atoms. The number of nitrogens with one attached hydrogen (secondary N) is 2. The van der Waals surface area contributed by atoms with Crippen LogP contribution in [0.1, 0.15) is 12.5 Å². The number of aromatic nitrogens is 11. The molecule has 2 fully saturated rings. The predicted octanol–water partition coefficient (Wildman–Crippen LogP) is -7.30. The first-order valence-corrected chi connectivity index (χ1v) is 23.7. The fraction of sp³-hybridized carbons (Fsp3) is 0.538. The predicted molar refractivity (Wildman–Crippen MR) is 195 cm³/mol. The van der Waals surface area contributed by atoms with E-state index in [0.717, 1.165) is 10.9 Å². The maximum atomic E-state index is 12.8. The molecule has 0 aliphatic carbocycles. The topological polar surface area (TPSA) is 496 Å². The lowest BCUT2D eigenvalue weighted by atomic mass is 10.1. The van der Waals surface area contributed by atoms with E-state index in [4.69, 9.17) is 30.2 Å². The van der Waals surface area contributed by atoms with Gasteiger partial charge in [0.15, 0.2) is 36.7 Å². The summed E-state index contributed by atoms with van der Waals surface area (Å²) in [5.41, 5.74) is 8.50. The van der Waals surface area contributed by atoms with Crippen LogP contribution in [0.2, 0.25) is 0 Å². The first kappa shape index (κ1) is 47.7. The smallest absolute Gasteiger partial charge is 0.313 e. The molecule has 2 saturated heterocycles. The highest BCUT2D eigenvalue weighted by molar-refractivity contribution is 7.67. The van der Waals surface area contributed by atoms with E-state index in [1.165, 1.54) is 29.6 Å². The van der Waals surface area contributed by atoms with Gasteiger partial charge in [-0.3, -0.25) is 46.7 Å². The monoisotopic (exact) mass is 988 g/mol. The van der Waals surface area contributed by atoms with Gasteiger partial charge in [0.1, 0.15) is 36.6 Å². The van der Waals surface area contributed by atoms with Crippen molar-refractivity contribution in [2.24, 2.45) is 7.05 Å². The molecule has 38 heteroatoms. The Bertz CT molecular complexity index is 2870. The molecule has 0 aromatic carbocycles. The summed E-state index contributed by atoms with van der Waals surface area (Å²) in [7, 11) is -20.3. The number of nitrogens with two attached hydrogens (primary N) is 2. The van der Waals surface area contributed by atoms with E-state index in [-0.39, 0.29) is 34.2 Å². The number of nitrogens with zero attached hydrogens (tertiary/aromatic N) is 9. The maximum Gasteiger partial charge on any atom is 0.313 e. The summed E-state index contributed by atoms with van der Waals surface area (Å²) >= 11 is 0. The first-order valence-electron chi connectivity index (χ1n) is 17.8. The molecule has 0 bridgehead atoms. The Morgan fingerprint density at radius 3 is 2.19 bits per heavy atom. The van der Waals surface area contributed by atoms with E-state index in [1.807, 2.05) is 0 Å². The van der Waals surface area contributed by atoms with Crippen LogP contribution in [-0.4, -0.2) is 128 Å². The highest BCUT2D eigenvalue weighted by Crippen LogP contribution is 2.56. The zero-order chi connectivity index (χ0) is 46.7. The Kier molecular flexibility index (Phi) is 13.3. The lowest BCUT2D eigenvalue weighted by Gasteiger charge is -2.31. The molecule has 7 rings (SSSR count). The third-order valence-electron chi connectivity index (χ3n) is 9.29. The van der Waals surface area contributed by atoms with Crippen LogP contribution in [0.4, 0.5) is 11.9 Å². The van der Waals surface area contributed by atoms with E-state index in [9.17, 15) is 62.7 Å². The fourth-order valence-electron chi connectivity index (χ4n) is 6.48. The van der Waals surface area contributed by atoms with Crippen molar-refractivity contribution in [3.63, 3.8) is 0 Å². The van der Waals surface area contributed by atoms with Crippen LogP contribution in [0.25, 0.3) is 22.3 Å². The Morgan fingerprint density at radius 2 is 1.50 bits per heavy atom. The van der Waals surface area contributed by atoms with Gasteiger partial charge in [-0.25, -0.2) is 18.5 Å². The van der Waals surface area contributed by atoms with Crippen molar-refractivity contribution in [3.8, 4) is 0 Å². The number of hydrogen-bond acceptors (Lipinski definition) is 28. The molecule has 2 aliphatic rings. The molecular weight excluding hydrogens is 954 g/mol. The number of aryl methyl sites for hydroxylation is 1. The number of anilines is 2. The fourth-order valence-corrected chi connectivity index (χ4v) is 10.8. The molecule has 9 N–H and O–H groups in total. The number of fused-ring (bicyclic) bond motifs is 2. The second-order valence-electron chi connectivity index (χ2n) is 13.6. The average molecular weight is 989 g/mol. The van der Waals surface area contributed by atoms with Crippen LogP contribution in [-0.2, 0) is 68.3 Å². The molecule has 2 aliphatic heterocycles. The standard InChI is InChI=1S/C26H37N13O21P4/c1-36-9-39(20-14(36)22(44)33-26(28)31-20)24-18(53-2)16(41)11(58-24)7-55-63(49,50)59-61(45,46)12-5-37(35-34-12)3-4-54-62(47,48)60-64(51,52)56-6-10-15(40)17(42)23(57-10)38-8-29-13-19(38)30-25(27)32-21(13)43/h5,8-11,15-18,23-24,40-42H,3-4,6-7H2,1-2H3,(H9-,27,28,30,31,32,33,43,44,45,46,47,48,49,50,51,52)/p-3/t10-,11-,15?,16+,17+,18?,23-,24-/m1/s1. The summed E-state index contributed by atoms with van der Waals surface area (Å²) in [6.45, 7) is -3.75. The van der Waals surface area contributed by atoms with Crippen molar-refractivity contribution in [2.75, 3.05) is 38.4 Å². The maximum absolute atomic E-state index is 12.8. The van der Waals surface area contributed by atoms with Crippen molar-refractivity contribution in [3.05, 3.63) is 39.6 Å². The van der Waals surface area contributed by atoms with Crippen molar-refractivity contribution in [1.29, 1.82) is 0 Å². The van der Waals surface area contributed by atoms with Gasteiger partial charge in [0.05, 0.1) is 45.9 Å². The van der Waals surface area contributed by atoms with Gasteiger partial charge in [-0.1, -0.05) is 10.2 Å². The number of aliphatic hydroxyl groups is 3. The number of phosphoric ester groups is 3. The Balaban J connectivity index is 0.886. The number of imidazole rings is 2. The van der Waals surface area contributed by atoms with Gasteiger partial charge in [0.2, 0.25) is 17.7 Å². The summed E-state index contributed by atoms with van der Waals surface area (Å²) in [5.74, 6) is -0.561. The van der Waals surface area contributed by atoms with E-state index in [0.29, 0.717) is 10.9 Å². The number of methoxy groups -OCH3 is 1. The van der Waals surface area contributed by atoms with Gasteiger partial charge in [0, 0.05) is 7.11 Å². The van der Waals surface area contributed by atoms with Crippen LogP contribution in [0.15, 0.2) is 28.4 Å². The number of phosphoric acid groups is 3. The molecule has 352 valence electrons. The quantitative estimate of drug-likeness (QED) is 0.0317. The zero-order valence-electron chi connectivity index (χ0n) is 32.3. The minimum Gasteiger partial charge on any atom is -0.774 e. The van der Waals surface area contributed by atoms with Gasteiger partial charge in [-0.2, -0.15) is 4.98 Å². The number of hydrogen-bond donors (Lipinski definition) is 7. The summed E-state index contributed by atoms with van der Waals surface area (Å²) in [5, 5.41) is 38.5. The van der Waals surface area contributed by atoms with Crippen molar-refractivity contribution in [1.82, 2.24) is 49.0 Å². The second kappa shape index (κ2) is 17.9. The summed E-state index contributed by atoms with van der Waals surface area (Å²) in [6, 6.07) is 0. The van der Waals surface area contributed by atoms with E-state index < -0.39 is 123 Å². The normalized spacial score (nSPS) is 27.7. The highest BCUT2D eigenvalue weighted by Gasteiger charge is 2.49. The van der Waals surface area contributed by atoms with Gasteiger partial charge in [0.25, 0.3) is 40.5 Å². The van der Waals surface area contributed by atoms with Crippen molar-refractivity contribution >= 4 is 70.7 Å². The van der Waals surface area contributed by atoms with Crippen LogP contribution >= 0.6 is 31.1 Å². The summed E-state index contributed by atoms with van der Waals surface area (Å²) < 4.78 is 92.9. The third kappa shape index (κ3) is 9.95. The molecule has 5 aromatic rings. The van der Waals surface area contributed by atoms with Gasteiger partial charge >= 0.3 is 5.65 Å². The number of aromatic amines is 2. The Hall–Kier alpha value is -4.24. The third-order valence-corrected chi connectivity index (χ3v) is 14.7. The summed E-state index contributed by atoms with van der Waals surface area (Å²) in [6.07, 6.45) is -9.24. The average Bonchev–Trinajstić information content (AvgIpc) is 4.01. The highest BCUT2D eigenvalue weighted by atomic mass is 31.3. The number of nitrogen functional groups attached to an aromatic ring is 2. The molecule has 64 heavy (non-hydrogen) atoms. The molecule has 6 unspecified atom stereocenters. The van der Waals surface area contributed by atoms with E-state index in [2.05, 4.69) is 52.9 Å². The van der Waals surface area contributed by atoms with Crippen LogP contribution in [0.3, 0.4) is 0 Å². The Labute approximate surface area is 354 Å². The van der Waals surface area contributed by atoms with E-state index >= 15 is 0 Å². The lowest BCUT2D eigenvalue weighted by Crippen LogP contribution is -2.47. The van der Waals surface area contributed by atoms with Crippen LogP contribution < -0.4 is 52.2 Å². The molecule has 0 amide bonds. The molecule has 34 nitrogen and oxygen atoms in total. The zero-order valence-corrected chi connectivity index (χ0v) is 35.9. The number of aliphatic hydroxyl groups excluding tert-OH is 3. The Morgan fingerprint density at radius 1 is 0.875 bits per heavy atom. The van der Waals surface area contributed by atoms with Crippen molar-refractivity contribution < 1.29 is 94.1 Å². The molecule has 12 atom stereocenters. The second-order valence-corrected chi connectivity index (χ2v) is 19.8. The molecule has 0 saturated carbocycles. The number of rotatable bonds is 18. The first-order chi connectivity index (χ1) is 29.9. The van der Waals surface area contributed by atoms with Gasteiger partial charge in [-0.15, -0.1) is 5.10 Å². The number of ether oxygens (including phenoxy) is 3. The summed E-state index contributed by atoms with van der Waals surface area (Å²) in [4.78, 5) is 90.9. The van der Waals surface area contributed by atoms with Crippen molar-refractivity contribution in [2.45, 2.75) is 55.6 Å². The SMILES string of the molecule is COC1[C@@H](O)[C@@H](COP(=O)([O-])OP(=O)([O-])c2cn(CCOP(=O)([O-])OP(=O)([O-])OC[C@H]3O[C@@H](n4cnc5c(=O)[nH]c(N)nc54)[C@@H](O)C3O)nn2)O[C@H]1[n+]1cn(C)c2c(=O)[nH]c(N)nc21. The lowest BCUT2D eigenvalue weighted by molar-refractivity contribution is -0.746. The van der Waals surface area contributed by atoms with Gasteiger partial charge < -0.3 is 78.7 Å². The largest absolute Gasteiger partial charge is 0.774 e. The van der Waals surface area contributed by atoms with E-state index in [1.54, 1.807) is 0 Å². The van der Waals surface area contributed by atoms with Crippen LogP contribution in [0, 0.1) is 0 Å². The van der Waals surface area contributed by atoms with Gasteiger partial charge in [-0.05, 0) is 0 Å². The molecule has 7 heterocycles.